The lowest BCUT2D eigenvalue weighted by Crippen LogP contribution is -2.30. The van der Waals surface area contributed by atoms with E-state index in [0.717, 1.165) is 11.8 Å². The lowest BCUT2D eigenvalue weighted by atomic mass is 10.1. The number of fused-ring (bicyclic) bond motifs is 1. The van der Waals surface area contributed by atoms with Crippen LogP contribution in [0.15, 0.2) is 28.7 Å². The molecule has 0 saturated carbocycles. The van der Waals surface area contributed by atoms with E-state index in [0.29, 0.717) is 31.0 Å². The number of nitrogens with two attached hydrogens (primary N) is 1. The summed E-state index contributed by atoms with van der Waals surface area (Å²) < 4.78 is 16.0. The van der Waals surface area contributed by atoms with Gasteiger partial charge in [-0.25, -0.2) is 5.84 Å². The molecule has 0 bridgehead atoms. The van der Waals surface area contributed by atoms with Gasteiger partial charge in [-0.05, 0) is 12.5 Å². The molecule has 2 aromatic rings. The monoisotopic (exact) mass is 278 g/mol. The van der Waals surface area contributed by atoms with Gasteiger partial charge in [-0.2, -0.15) is 0 Å². The second kappa shape index (κ2) is 7.04. The van der Waals surface area contributed by atoms with Crippen molar-refractivity contribution in [1.29, 1.82) is 0 Å². The highest BCUT2D eigenvalue weighted by Gasteiger charge is 2.19. The van der Waals surface area contributed by atoms with Gasteiger partial charge in [0.2, 0.25) is 0 Å². The summed E-state index contributed by atoms with van der Waals surface area (Å²) >= 11 is 0. The van der Waals surface area contributed by atoms with Crippen LogP contribution < -0.4 is 11.3 Å². The van der Waals surface area contributed by atoms with E-state index in [1.54, 1.807) is 13.2 Å². The van der Waals surface area contributed by atoms with Gasteiger partial charge in [0, 0.05) is 31.3 Å². The Labute approximate surface area is 116 Å². The fourth-order valence-corrected chi connectivity index (χ4v) is 1.97. The van der Waals surface area contributed by atoms with Gasteiger partial charge in [0.15, 0.2) is 5.76 Å². The first-order valence-electron chi connectivity index (χ1n) is 6.36. The lowest BCUT2D eigenvalue weighted by Gasteiger charge is -2.04. The molecule has 1 heterocycles. The van der Waals surface area contributed by atoms with Gasteiger partial charge in [-0.3, -0.25) is 10.2 Å². The zero-order valence-electron chi connectivity index (χ0n) is 11.3. The van der Waals surface area contributed by atoms with Crippen molar-refractivity contribution in [3.63, 3.8) is 0 Å². The Morgan fingerprint density at radius 3 is 2.90 bits per heavy atom. The van der Waals surface area contributed by atoms with Crippen LogP contribution in [0.2, 0.25) is 0 Å². The number of hydrogen-bond donors (Lipinski definition) is 2. The van der Waals surface area contributed by atoms with E-state index in [4.69, 9.17) is 19.7 Å². The molecule has 20 heavy (non-hydrogen) atoms. The Kier molecular flexibility index (Phi) is 5.11. The largest absolute Gasteiger partial charge is 0.450 e. The van der Waals surface area contributed by atoms with Crippen LogP contribution in [0.5, 0.6) is 0 Å². The molecule has 0 radical (unpaired) electrons. The topological polar surface area (TPSA) is 86.7 Å². The van der Waals surface area contributed by atoms with Crippen molar-refractivity contribution in [1.82, 2.24) is 5.43 Å². The van der Waals surface area contributed by atoms with Gasteiger partial charge in [0.05, 0.1) is 6.61 Å². The third kappa shape index (κ3) is 3.16. The van der Waals surface area contributed by atoms with Gasteiger partial charge in [-0.1, -0.05) is 18.2 Å². The van der Waals surface area contributed by atoms with Crippen LogP contribution in [0.25, 0.3) is 11.0 Å². The zero-order chi connectivity index (χ0) is 14.4. The van der Waals surface area contributed by atoms with Gasteiger partial charge in [-0.15, -0.1) is 0 Å². The molecule has 1 aromatic carbocycles. The first-order chi connectivity index (χ1) is 9.77. The van der Waals surface area contributed by atoms with Crippen LogP contribution in [-0.2, 0) is 16.1 Å². The zero-order valence-corrected chi connectivity index (χ0v) is 11.3. The summed E-state index contributed by atoms with van der Waals surface area (Å²) in [4.78, 5) is 11.7. The summed E-state index contributed by atoms with van der Waals surface area (Å²) in [5.41, 5.74) is 3.43. The molecule has 0 aliphatic carbocycles. The molecule has 2 rings (SSSR count). The molecule has 0 unspecified atom stereocenters. The minimum atomic E-state index is -0.461. The number of carbonyl (C=O) groups is 1. The number of rotatable bonds is 7. The summed E-state index contributed by atoms with van der Waals surface area (Å²) in [6.45, 7) is 1.49. The molecule has 3 N–H and O–H groups in total. The number of para-hydroxylation sites is 1. The maximum Gasteiger partial charge on any atom is 0.301 e. The van der Waals surface area contributed by atoms with Gasteiger partial charge >= 0.3 is 5.91 Å². The number of nitrogen functional groups attached to an aromatic ring is 1. The molecule has 0 spiro atoms. The standard InChI is InChI=1S/C14H18N2O4/c1-18-7-4-8-19-9-11-10-5-2-3-6-12(10)20-13(11)14(17)16-15/h2-3,5-6H,4,7-9,15H2,1H3,(H,16,17). The number of furan rings is 1. The summed E-state index contributed by atoms with van der Waals surface area (Å²) in [6.07, 6.45) is 0.796. The van der Waals surface area contributed by atoms with E-state index in [-0.39, 0.29) is 5.76 Å². The van der Waals surface area contributed by atoms with Gasteiger partial charge in [0.1, 0.15) is 5.58 Å². The SMILES string of the molecule is COCCCOCc1c(C(=O)NN)oc2ccccc12. The molecule has 0 saturated heterocycles. The number of nitrogens with one attached hydrogen (secondary N) is 1. The lowest BCUT2D eigenvalue weighted by molar-refractivity contribution is 0.0867. The fourth-order valence-electron chi connectivity index (χ4n) is 1.97. The second-order valence-electron chi connectivity index (χ2n) is 4.28. The number of hydrogen-bond acceptors (Lipinski definition) is 5. The number of ether oxygens (including phenoxy) is 2. The van der Waals surface area contributed by atoms with E-state index in [2.05, 4.69) is 5.43 Å². The number of carbonyl (C=O) groups excluding carboxylic acids is 1. The Hall–Kier alpha value is -1.89. The number of methoxy groups -OCH3 is 1. The van der Waals surface area contributed by atoms with Crippen LogP contribution in [0, 0.1) is 0 Å². The Bertz CT molecular complexity index is 580. The van der Waals surface area contributed by atoms with Crippen molar-refractivity contribution >= 4 is 16.9 Å². The summed E-state index contributed by atoms with van der Waals surface area (Å²) in [6, 6.07) is 7.42. The molecular formula is C14H18N2O4. The highest BCUT2D eigenvalue weighted by Crippen LogP contribution is 2.26. The van der Waals surface area contributed by atoms with Gasteiger partial charge in [0.25, 0.3) is 0 Å². The third-order valence-corrected chi connectivity index (χ3v) is 2.92. The number of benzene rings is 1. The smallest absolute Gasteiger partial charge is 0.301 e. The van der Waals surface area contributed by atoms with Crippen LogP contribution in [0.4, 0.5) is 0 Å². The summed E-state index contributed by atoms with van der Waals surface area (Å²) in [5, 5.41) is 0.859. The molecule has 0 fully saturated rings. The predicted octanol–water partition coefficient (Wildman–Crippen LogP) is 1.59. The number of amides is 1. The van der Waals surface area contributed by atoms with Crippen molar-refractivity contribution < 1.29 is 18.7 Å². The fraction of sp³-hybridized carbons (Fsp3) is 0.357. The van der Waals surface area contributed by atoms with Crippen molar-refractivity contribution in [3.8, 4) is 0 Å². The molecule has 0 aliphatic heterocycles. The average molecular weight is 278 g/mol. The molecule has 1 aromatic heterocycles. The van der Waals surface area contributed by atoms with Crippen LogP contribution in [0.1, 0.15) is 22.5 Å². The minimum absolute atomic E-state index is 0.195. The number of hydrazine groups is 1. The highest BCUT2D eigenvalue weighted by atomic mass is 16.5. The molecule has 0 aliphatic rings. The van der Waals surface area contributed by atoms with Crippen LogP contribution in [-0.4, -0.2) is 26.2 Å². The van der Waals surface area contributed by atoms with Crippen molar-refractivity contribution in [3.05, 3.63) is 35.6 Å². The first kappa shape index (κ1) is 14.5. The highest BCUT2D eigenvalue weighted by molar-refractivity contribution is 5.98. The Morgan fingerprint density at radius 1 is 1.35 bits per heavy atom. The minimum Gasteiger partial charge on any atom is -0.450 e. The van der Waals surface area contributed by atoms with E-state index < -0.39 is 5.91 Å². The summed E-state index contributed by atoms with van der Waals surface area (Å²) in [7, 11) is 1.65. The van der Waals surface area contributed by atoms with E-state index in [1.165, 1.54) is 0 Å². The van der Waals surface area contributed by atoms with Crippen molar-refractivity contribution in [2.45, 2.75) is 13.0 Å². The normalized spacial score (nSPS) is 10.9. The van der Waals surface area contributed by atoms with E-state index >= 15 is 0 Å². The first-order valence-corrected chi connectivity index (χ1v) is 6.36. The van der Waals surface area contributed by atoms with E-state index in [9.17, 15) is 4.79 Å². The van der Waals surface area contributed by atoms with Crippen LogP contribution in [0.3, 0.4) is 0 Å². The Morgan fingerprint density at radius 2 is 2.15 bits per heavy atom. The maximum atomic E-state index is 11.7. The predicted molar refractivity (Wildman–Crippen MR) is 74.0 cm³/mol. The molecule has 6 nitrogen and oxygen atoms in total. The van der Waals surface area contributed by atoms with Crippen molar-refractivity contribution in [2.75, 3.05) is 20.3 Å². The Balaban J connectivity index is 2.18. The maximum absolute atomic E-state index is 11.7. The molecule has 6 heteroatoms. The molecular weight excluding hydrogens is 260 g/mol. The van der Waals surface area contributed by atoms with Gasteiger partial charge < -0.3 is 13.9 Å². The third-order valence-electron chi connectivity index (χ3n) is 2.92. The van der Waals surface area contributed by atoms with Crippen LogP contribution >= 0.6 is 0 Å². The van der Waals surface area contributed by atoms with Crippen molar-refractivity contribution in [2.24, 2.45) is 5.84 Å². The molecule has 108 valence electrons. The average Bonchev–Trinajstić information content (AvgIpc) is 2.85. The molecule has 0 atom stereocenters. The summed E-state index contributed by atoms with van der Waals surface area (Å²) in [5.74, 6) is 4.91. The van der Waals surface area contributed by atoms with E-state index in [1.807, 2.05) is 18.2 Å². The second-order valence-corrected chi connectivity index (χ2v) is 4.28. The molecule has 1 amide bonds. The quantitative estimate of drug-likeness (QED) is 0.347.